The first kappa shape index (κ1) is 11.1. The van der Waals surface area contributed by atoms with E-state index in [1.807, 2.05) is 6.08 Å². The van der Waals surface area contributed by atoms with E-state index < -0.39 is 0 Å². The Morgan fingerprint density at radius 2 is 2.00 bits per heavy atom. The molecule has 0 saturated heterocycles. The molecule has 1 rings (SSSR count). The third kappa shape index (κ3) is 2.47. The number of carbonyl (C=O) groups is 1. The van der Waals surface area contributed by atoms with Gasteiger partial charge in [0.1, 0.15) is 10.3 Å². The molecule has 0 heterocycles. The molecule has 0 N–H and O–H groups in total. The summed E-state index contributed by atoms with van der Waals surface area (Å²) >= 11 is 11.2. The molecule has 0 spiro atoms. The van der Waals surface area contributed by atoms with E-state index in [0.29, 0.717) is 22.7 Å². The molecule has 0 aromatic carbocycles. The third-order valence-corrected chi connectivity index (χ3v) is 3.20. The van der Waals surface area contributed by atoms with Crippen LogP contribution in [0.3, 0.4) is 0 Å². The number of rotatable bonds is 3. The fourth-order valence-electron chi connectivity index (χ4n) is 1.95. The zero-order chi connectivity index (χ0) is 10.2. The predicted octanol–water partition coefficient (Wildman–Crippen LogP) is 3.56. The Kier molecular flexibility index (Phi) is 3.09. The van der Waals surface area contributed by atoms with Gasteiger partial charge in [0, 0.05) is 6.42 Å². The summed E-state index contributed by atoms with van der Waals surface area (Å²) < 4.78 is 0.309. The maximum absolute atomic E-state index is 10.9. The normalized spacial score (nSPS) is 29.6. The van der Waals surface area contributed by atoms with Crippen LogP contribution < -0.4 is 0 Å². The highest BCUT2D eigenvalue weighted by atomic mass is 35.5. The number of hydrogen-bond acceptors (Lipinski definition) is 1. The zero-order valence-corrected chi connectivity index (χ0v) is 9.62. The number of halogens is 2. The van der Waals surface area contributed by atoms with E-state index in [2.05, 4.69) is 13.8 Å². The molecule has 1 nitrogen and oxygen atoms in total. The monoisotopic (exact) mass is 220 g/mol. The maximum Gasteiger partial charge on any atom is 0.130 e. The van der Waals surface area contributed by atoms with Crippen LogP contribution in [0.2, 0.25) is 0 Å². The average Bonchev–Trinajstić information content (AvgIpc) is 2.36. The van der Waals surface area contributed by atoms with Crippen LogP contribution >= 0.6 is 23.2 Å². The number of carbonyl (C=O) groups excluding carboxylic acids is 1. The molecule has 3 heteroatoms. The summed E-state index contributed by atoms with van der Waals surface area (Å²) in [6, 6.07) is 0. The van der Waals surface area contributed by atoms with Crippen molar-refractivity contribution in [3.63, 3.8) is 0 Å². The Hall–Kier alpha value is -0.0100. The quantitative estimate of drug-likeness (QED) is 0.712. The molecule has 2 atom stereocenters. The van der Waals surface area contributed by atoms with Gasteiger partial charge in [0.15, 0.2) is 0 Å². The van der Waals surface area contributed by atoms with E-state index in [1.165, 1.54) is 0 Å². The highest BCUT2D eigenvalue weighted by molar-refractivity contribution is 6.55. The fraction of sp³-hybridized carbons (Fsp3) is 0.700. The van der Waals surface area contributed by atoms with Crippen LogP contribution in [-0.4, -0.2) is 5.78 Å². The van der Waals surface area contributed by atoms with Crippen LogP contribution in [0, 0.1) is 17.3 Å². The molecule has 1 saturated carbocycles. The molecule has 0 radical (unpaired) electrons. The van der Waals surface area contributed by atoms with E-state index in [9.17, 15) is 4.79 Å². The van der Waals surface area contributed by atoms with Crippen molar-refractivity contribution in [1.82, 2.24) is 0 Å². The lowest BCUT2D eigenvalue weighted by Gasteiger charge is -1.98. The molecule has 1 aliphatic carbocycles. The molecule has 0 amide bonds. The molecular weight excluding hydrogens is 207 g/mol. The van der Waals surface area contributed by atoms with Crippen LogP contribution in [-0.2, 0) is 4.79 Å². The topological polar surface area (TPSA) is 17.1 Å². The predicted molar refractivity (Wildman–Crippen MR) is 55.8 cm³/mol. The van der Waals surface area contributed by atoms with Gasteiger partial charge in [0.05, 0.1) is 0 Å². The van der Waals surface area contributed by atoms with Crippen molar-refractivity contribution in [2.75, 3.05) is 0 Å². The Labute approximate surface area is 89.1 Å². The Bertz CT molecular complexity index is 252. The van der Waals surface area contributed by atoms with E-state index in [1.54, 1.807) is 6.92 Å². The van der Waals surface area contributed by atoms with E-state index >= 15 is 0 Å². The lowest BCUT2D eigenvalue weighted by Crippen LogP contribution is -1.96. The van der Waals surface area contributed by atoms with Crippen molar-refractivity contribution in [3.8, 4) is 0 Å². The van der Waals surface area contributed by atoms with Crippen LogP contribution in [0.4, 0.5) is 0 Å². The van der Waals surface area contributed by atoms with Crippen molar-refractivity contribution in [2.24, 2.45) is 17.3 Å². The summed E-state index contributed by atoms with van der Waals surface area (Å²) in [5.41, 5.74) is 0.181. The second kappa shape index (κ2) is 3.62. The minimum Gasteiger partial charge on any atom is -0.300 e. The lowest BCUT2D eigenvalue weighted by atomic mass is 10.1. The summed E-state index contributed by atoms with van der Waals surface area (Å²) in [7, 11) is 0. The number of Topliss-reactive ketones (excluding diaryl/α,β-unsaturated/α-hetero) is 1. The summed E-state index contributed by atoms with van der Waals surface area (Å²) in [6.07, 6.45) is 2.48. The zero-order valence-electron chi connectivity index (χ0n) is 8.10. The van der Waals surface area contributed by atoms with Gasteiger partial charge in [-0.2, -0.15) is 0 Å². The molecule has 74 valence electrons. The molecule has 0 aliphatic heterocycles. The Morgan fingerprint density at radius 1 is 1.46 bits per heavy atom. The molecule has 13 heavy (non-hydrogen) atoms. The molecular formula is C10H14Cl2O. The van der Waals surface area contributed by atoms with Crippen molar-refractivity contribution < 1.29 is 4.79 Å². The van der Waals surface area contributed by atoms with Gasteiger partial charge in [-0.1, -0.05) is 43.1 Å². The second-order valence-corrected chi connectivity index (χ2v) is 5.32. The second-order valence-electron chi connectivity index (χ2n) is 4.32. The number of ketones is 1. The molecule has 2 unspecified atom stereocenters. The van der Waals surface area contributed by atoms with Crippen molar-refractivity contribution in [1.29, 1.82) is 0 Å². The van der Waals surface area contributed by atoms with Crippen LogP contribution in [0.25, 0.3) is 0 Å². The minimum absolute atomic E-state index is 0.181. The molecule has 1 fully saturated rings. The third-order valence-electron chi connectivity index (χ3n) is 2.95. The highest BCUT2D eigenvalue weighted by Gasteiger charge is 2.56. The average molecular weight is 221 g/mol. The smallest absolute Gasteiger partial charge is 0.130 e. The van der Waals surface area contributed by atoms with Crippen LogP contribution in [0.15, 0.2) is 10.6 Å². The van der Waals surface area contributed by atoms with Crippen molar-refractivity contribution in [3.05, 3.63) is 10.6 Å². The summed E-state index contributed by atoms with van der Waals surface area (Å²) in [4.78, 5) is 10.9. The van der Waals surface area contributed by atoms with Gasteiger partial charge in [-0.3, -0.25) is 0 Å². The summed E-state index contributed by atoms with van der Waals surface area (Å²) in [5.74, 6) is 1.01. The molecule has 0 bridgehead atoms. The molecule has 0 aromatic heterocycles. The minimum atomic E-state index is 0.181. The first-order chi connectivity index (χ1) is 5.85. The van der Waals surface area contributed by atoms with Crippen molar-refractivity contribution >= 4 is 29.0 Å². The Balaban J connectivity index is 2.61. The first-order valence-corrected chi connectivity index (χ1v) is 5.13. The molecule has 0 aromatic rings. The van der Waals surface area contributed by atoms with Gasteiger partial charge in [-0.05, 0) is 24.2 Å². The number of allylic oxidation sites excluding steroid dienone is 1. The SMILES string of the molecule is CC(=O)CC1C(C=C(Cl)Cl)C1(C)C. The van der Waals surface area contributed by atoms with Gasteiger partial charge in [-0.15, -0.1) is 0 Å². The van der Waals surface area contributed by atoms with E-state index in [4.69, 9.17) is 23.2 Å². The lowest BCUT2D eigenvalue weighted by molar-refractivity contribution is -0.117. The number of hydrogen-bond donors (Lipinski definition) is 0. The summed E-state index contributed by atoms with van der Waals surface area (Å²) in [5, 5.41) is 0. The van der Waals surface area contributed by atoms with Crippen molar-refractivity contribution in [2.45, 2.75) is 27.2 Å². The largest absolute Gasteiger partial charge is 0.300 e. The summed E-state index contributed by atoms with van der Waals surface area (Å²) in [6.45, 7) is 5.90. The maximum atomic E-state index is 10.9. The molecule has 1 aliphatic rings. The first-order valence-electron chi connectivity index (χ1n) is 4.38. The van der Waals surface area contributed by atoms with Crippen LogP contribution in [0.5, 0.6) is 0 Å². The van der Waals surface area contributed by atoms with Gasteiger partial charge >= 0.3 is 0 Å². The van der Waals surface area contributed by atoms with Gasteiger partial charge < -0.3 is 4.79 Å². The Morgan fingerprint density at radius 3 is 2.38 bits per heavy atom. The fourth-order valence-corrected chi connectivity index (χ4v) is 2.22. The van der Waals surface area contributed by atoms with Crippen LogP contribution in [0.1, 0.15) is 27.2 Å². The van der Waals surface area contributed by atoms with Gasteiger partial charge in [0.25, 0.3) is 0 Å². The van der Waals surface area contributed by atoms with E-state index in [-0.39, 0.29) is 11.2 Å². The van der Waals surface area contributed by atoms with E-state index in [0.717, 1.165) is 0 Å². The standard InChI is InChI=1S/C10H14Cl2O/c1-6(13)4-7-8(5-9(11)12)10(7,2)3/h5,7-8H,4H2,1-3H3. The van der Waals surface area contributed by atoms with Gasteiger partial charge in [-0.25, -0.2) is 0 Å². The van der Waals surface area contributed by atoms with Gasteiger partial charge in [0.2, 0.25) is 0 Å². The highest BCUT2D eigenvalue weighted by Crippen LogP contribution is 2.61.